The van der Waals surface area contributed by atoms with E-state index < -0.39 is 24.0 Å². The Bertz CT molecular complexity index is 575. The number of morpholine rings is 1. The molecule has 1 aliphatic rings. The quantitative estimate of drug-likeness (QED) is 0.790. The number of carboxylic acids is 1. The Morgan fingerprint density at radius 3 is 2.70 bits per heavy atom. The largest absolute Gasteiger partial charge is 0.481 e. The van der Waals surface area contributed by atoms with E-state index in [0.717, 1.165) is 5.56 Å². The van der Waals surface area contributed by atoms with E-state index in [2.05, 4.69) is 5.32 Å². The van der Waals surface area contributed by atoms with Gasteiger partial charge in [0, 0.05) is 13.1 Å². The van der Waals surface area contributed by atoms with Crippen LogP contribution in [0.2, 0.25) is 0 Å². The van der Waals surface area contributed by atoms with Crippen molar-refractivity contribution in [3.63, 3.8) is 0 Å². The summed E-state index contributed by atoms with van der Waals surface area (Å²) >= 11 is 0. The summed E-state index contributed by atoms with van der Waals surface area (Å²) < 4.78 is 5.35. The molecule has 0 saturated carbocycles. The number of nitrogens with one attached hydrogen (secondary N) is 1. The Hall–Kier alpha value is -2.41. The zero-order valence-corrected chi connectivity index (χ0v) is 12.9. The standard InChI is InChI=1S/C16H20N2O5/c1-11-15(16(22)17-8-7-14(20)21)18(13(19)10-23-11)9-12-5-3-2-4-6-12/h2-6,11,15H,7-10H2,1H3,(H,17,22)(H,20,21)/t11-,15+/m1/s1. The van der Waals surface area contributed by atoms with Crippen LogP contribution in [-0.4, -0.2) is 53.1 Å². The zero-order valence-electron chi connectivity index (χ0n) is 12.9. The molecule has 1 fully saturated rings. The van der Waals surface area contributed by atoms with Crippen LogP contribution in [0.5, 0.6) is 0 Å². The van der Waals surface area contributed by atoms with Crippen LogP contribution in [0.3, 0.4) is 0 Å². The third kappa shape index (κ3) is 4.53. The number of ether oxygens (including phenoxy) is 1. The maximum atomic E-state index is 12.4. The highest BCUT2D eigenvalue weighted by atomic mass is 16.5. The number of hydrogen-bond acceptors (Lipinski definition) is 4. The molecule has 1 aromatic rings. The fourth-order valence-corrected chi connectivity index (χ4v) is 2.50. The van der Waals surface area contributed by atoms with Crippen LogP contribution in [0.4, 0.5) is 0 Å². The second-order valence-corrected chi connectivity index (χ2v) is 5.40. The van der Waals surface area contributed by atoms with Crippen LogP contribution in [-0.2, 0) is 25.7 Å². The number of nitrogens with zero attached hydrogens (tertiary/aromatic N) is 1. The molecule has 2 rings (SSSR count). The molecule has 1 saturated heterocycles. The molecule has 0 radical (unpaired) electrons. The van der Waals surface area contributed by atoms with Gasteiger partial charge in [0.15, 0.2) is 0 Å². The first-order valence-electron chi connectivity index (χ1n) is 7.43. The van der Waals surface area contributed by atoms with Gasteiger partial charge >= 0.3 is 5.97 Å². The van der Waals surface area contributed by atoms with Gasteiger partial charge in [0.1, 0.15) is 12.6 Å². The van der Waals surface area contributed by atoms with Crippen LogP contribution in [0.15, 0.2) is 30.3 Å². The Morgan fingerprint density at radius 1 is 1.35 bits per heavy atom. The molecule has 1 aromatic carbocycles. The summed E-state index contributed by atoms with van der Waals surface area (Å²) in [5.74, 6) is -1.65. The molecule has 7 heteroatoms. The van der Waals surface area contributed by atoms with Gasteiger partial charge in [-0.1, -0.05) is 30.3 Å². The first-order chi connectivity index (χ1) is 11.0. The molecule has 2 N–H and O–H groups in total. The summed E-state index contributed by atoms with van der Waals surface area (Å²) in [7, 11) is 0. The summed E-state index contributed by atoms with van der Waals surface area (Å²) in [6.07, 6.45) is -0.624. The van der Waals surface area contributed by atoms with Gasteiger partial charge in [-0.2, -0.15) is 0 Å². The van der Waals surface area contributed by atoms with E-state index in [4.69, 9.17) is 9.84 Å². The number of carbonyl (C=O) groups is 3. The fourth-order valence-electron chi connectivity index (χ4n) is 2.50. The van der Waals surface area contributed by atoms with Gasteiger partial charge in [-0.15, -0.1) is 0 Å². The third-order valence-corrected chi connectivity index (χ3v) is 3.67. The van der Waals surface area contributed by atoms with E-state index in [0.29, 0.717) is 6.54 Å². The minimum Gasteiger partial charge on any atom is -0.481 e. The minimum atomic E-state index is -0.990. The Kier molecular flexibility index (Phi) is 5.70. The molecule has 2 atom stereocenters. The molecule has 7 nitrogen and oxygen atoms in total. The van der Waals surface area contributed by atoms with E-state index in [1.807, 2.05) is 30.3 Å². The summed E-state index contributed by atoms with van der Waals surface area (Å²) in [5.41, 5.74) is 0.915. The molecule has 0 spiro atoms. The first kappa shape index (κ1) is 17.0. The Balaban J connectivity index is 2.09. The summed E-state index contributed by atoms with van der Waals surface area (Å²) in [6, 6.07) is 8.60. The molecule has 0 bridgehead atoms. The van der Waals surface area contributed by atoms with Crippen molar-refractivity contribution in [2.45, 2.75) is 32.0 Å². The first-order valence-corrected chi connectivity index (χ1v) is 7.43. The predicted octanol–water partition coefficient (Wildman–Crippen LogP) is 0.393. The van der Waals surface area contributed by atoms with Crippen LogP contribution < -0.4 is 5.32 Å². The maximum Gasteiger partial charge on any atom is 0.305 e. The van der Waals surface area contributed by atoms with Gasteiger partial charge in [0.05, 0.1) is 12.5 Å². The van der Waals surface area contributed by atoms with Crippen molar-refractivity contribution in [1.29, 1.82) is 0 Å². The molecular formula is C16H20N2O5. The molecule has 2 amide bonds. The number of benzene rings is 1. The zero-order chi connectivity index (χ0) is 16.8. The summed E-state index contributed by atoms with van der Waals surface area (Å²) in [5, 5.41) is 11.2. The lowest BCUT2D eigenvalue weighted by Crippen LogP contribution is -2.59. The predicted molar refractivity (Wildman–Crippen MR) is 81.5 cm³/mol. The smallest absolute Gasteiger partial charge is 0.305 e. The average Bonchev–Trinajstić information content (AvgIpc) is 2.51. The van der Waals surface area contributed by atoms with Crippen molar-refractivity contribution in [3.8, 4) is 0 Å². The van der Waals surface area contributed by atoms with Crippen LogP contribution in [0, 0.1) is 0 Å². The molecule has 23 heavy (non-hydrogen) atoms. The number of carbonyl (C=O) groups excluding carboxylic acids is 2. The lowest BCUT2D eigenvalue weighted by molar-refractivity contribution is -0.163. The highest BCUT2D eigenvalue weighted by Crippen LogP contribution is 2.18. The van der Waals surface area contributed by atoms with E-state index in [1.54, 1.807) is 6.92 Å². The monoisotopic (exact) mass is 320 g/mol. The van der Waals surface area contributed by atoms with Gasteiger partial charge in [-0.3, -0.25) is 14.4 Å². The van der Waals surface area contributed by atoms with Crippen molar-refractivity contribution in [2.75, 3.05) is 13.2 Å². The van der Waals surface area contributed by atoms with Gasteiger partial charge in [0.25, 0.3) is 0 Å². The Labute approximate surface area is 134 Å². The van der Waals surface area contributed by atoms with Crippen LogP contribution in [0.25, 0.3) is 0 Å². The molecular weight excluding hydrogens is 300 g/mol. The molecule has 124 valence electrons. The molecule has 1 heterocycles. The van der Waals surface area contributed by atoms with Crippen molar-refractivity contribution in [3.05, 3.63) is 35.9 Å². The van der Waals surface area contributed by atoms with Crippen LogP contribution >= 0.6 is 0 Å². The van der Waals surface area contributed by atoms with Gasteiger partial charge in [-0.05, 0) is 12.5 Å². The second kappa shape index (κ2) is 7.73. The number of amides is 2. The molecule has 0 aromatic heterocycles. The second-order valence-electron chi connectivity index (χ2n) is 5.40. The lowest BCUT2D eigenvalue weighted by Gasteiger charge is -2.38. The molecule has 1 aliphatic heterocycles. The SMILES string of the molecule is C[C@H]1OCC(=O)N(Cc2ccccc2)[C@@H]1C(=O)NCCC(=O)O. The average molecular weight is 320 g/mol. The number of rotatable bonds is 6. The summed E-state index contributed by atoms with van der Waals surface area (Å²) in [6.45, 7) is 1.99. The van der Waals surface area contributed by atoms with Gasteiger partial charge < -0.3 is 20.1 Å². The highest BCUT2D eigenvalue weighted by Gasteiger charge is 2.39. The minimum absolute atomic E-state index is 0.0186. The fraction of sp³-hybridized carbons (Fsp3) is 0.438. The van der Waals surface area contributed by atoms with Crippen molar-refractivity contribution in [1.82, 2.24) is 10.2 Å². The maximum absolute atomic E-state index is 12.4. The van der Waals surface area contributed by atoms with Crippen LogP contribution in [0.1, 0.15) is 18.9 Å². The van der Waals surface area contributed by atoms with E-state index in [9.17, 15) is 14.4 Å². The number of hydrogen-bond donors (Lipinski definition) is 2. The Morgan fingerprint density at radius 2 is 2.04 bits per heavy atom. The van der Waals surface area contributed by atoms with Crippen molar-refractivity contribution < 1.29 is 24.2 Å². The van der Waals surface area contributed by atoms with Crippen molar-refractivity contribution in [2.24, 2.45) is 0 Å². The van der Waals surface area contributed by atoms with Gasteiger partial charge in [0.2, 0.25) is 11.8 Å². The normalized spacial score (nSPS) is 21.1. The number of aliphatic carboxylic acids is 1. The topological polar surface area (TPSA) is 95.9 Å². The van der Waals surface area contributed by atoms with Gasteiger partial charge in [-0.25, -0.2) is 0 Å². The molecule has 0 aliphatic carbocycles. The van der Waals surface area contributed by atoms with Crippen molar-refractivity contribution >= 4 is 17.8 Å². The lowest BCUT2D eigenvalue weighted by atomic mass is 10.1. The number of carboxylic acid groups (broad SMARTS) is 1. The molecule has 0 unspecified atom stereocenters. The van der Waals surface area contributed by atoms with E-state index in [-0.39, 0.29) is 25.5 Å². The summed E-state index contributed by atoms with van der Waals surface area (Å²) in [4.78, 5) is 36.6. The van der Waals surface area contributed by atoms with E-state index in [1.165, 1.54) is 4.90 Å². The highest BCUT2D eigenvalue weighted by molar-refractivity contribution is 5.89. The van der Waals surface area contributed by atoms with E-state index >= 15 is 0 Å². The third-order valence-electron chi connectivity index (χ3n) is 3.67.